The number of nitrogens with one attached hydrogen (secondary N) is 1. The highest BCUT2D eigenvalue weighted by molar-refractivity contribution is 5.44. The van der Waals surface area contributed by atoms with Crippen LogP contribution in [0.15, 0.2) is 36.4 Å². The Labute approximate surface area is 122 Å². The molecule has 1 aliphatic rings. The van der Waals surface area contributed by atoms with Gasteiger partial charge in [-0.25, -0.2) is 0 Å². The normalized spacial score (nSPS) is 14.1. The van der Waals surface area contributed by atoms with Gasteiger partial charge in [-0.3, -0.25) is 0 Å². The summed E-state index contributed by atoms with van der Waals surface area (Å²) in [6.07, 6.45) is 0. The van der Waals surface area contributed by atoms with Gasteiger partial charge in [0.05, 0.1) is 0 Å². The molecule has 0 fully saturated rings. The molecule has 1 unspecified atom stereocenters. The molecule has 0 spiro atoms. The van der Waals surface area contributed by atoms with Gasteiger partial charge in [-0.1, -0.05) is 6.07 Å². The van der Waals surface area contributed by atoms with Gasteiger partial charge in [0.25, 0.3) is 0 Å². The summed E-state index contributed by atoms with van der Waals surface area (Å²) in [6, 6.07) is 10.2. The molecule has 3 N–H and O–H groups in total. The lowest BCUT2D eigenvalue weighted by molar-refractivity contribution is 0.174. The molecule has 1 heterocycles. The Hall–Kier alpha value is -2.40. The van der Waals surface area contributed by atoms with Crippen molar-refractivity contribution in [2.24, 2.45) is 0 Å². The topological polar surface area (TPSA) is 71.0 Å². The number of phenols is 2. The number of fused-ring (bicyclic) bond motifs is 1. The van der Waals surface area contributed by atoms with Gasteiger partial charge in [0.2, 0.25) is 6.79 Å². The van der Waals surface area contributed by atoms with Crippen LogP contribution in [0.2, 0.25) is 0 Å². The number of benzene rings is 2. The summed E-state index contributed by atoms with van der Waals surface area (Å²) in [5, 5.41) is 22.7. The van der Waals surface area contributed by atoms with E-state index in [0.29, 0.717) is 12.1 Å². The van der Waals surface area contributed by atoms with Gasteiger partial charge in [-0.15, -0.1) is 0 Å². The molecule has 5 heteroatoms. The van der Waals surface area contributed by atoms with Crippen molar-refractivity contribution in [2.75, 3.05) is 6.79 Å². The lowest BCUT2D eigenvalue weighted by atomic mass is 10.1. The van der Waals surface area contributed by atoms with Gasteiger partial charge in [0.1, 0.15) is 11.5 Å². The average Bonchev–Trinajstić information content (AvgIpc) is 2.94. The first kappa shape index (κ1) is 13.6. The highest BCUT2D eigenvalue weighted by atomic mass is 16.7. The highest BCUT2D eigenvalue weighted by Crippen LogP contribution is 2.33. The van der Waals surface area contributed by atoms with Crippen molar-refractivity contribution >= 4 is 0 Å². The molecule has 5 nitrogen and oxygen atoms in total. The number of aromatic hydroxyl groups is 2. The minimum Gasteiger partial charge on any atom is -0.508 e. The third-order valence-corrected chi connectivity index (χ3v) is 3.53. The summed E-state index contributed by atoms with van der Waals surface area (Å²) in [7, 11) is 0. The van der Waals surface area contributed by atoms with E-state index >= 15 is 0 Å². The summed E-state index contributed by atoms with van der Waals surface area (Å²) in [6.45, 7) is 2.81. The Morgan fingerprint density at radius 2 is 1.90 bits per heavy atom. The van der Waals surface area contributed by atoms with Crippen LogP contribution in [0.3, 0.4) is 0 Å². The molecule has 110 valence electrons. The molecule has 0 aromatic heterocycles. The van der Waals surface area contributed by atoms with E-state index in [-0.39, 0.29) is 24.3 Å². The molecule has 1 aliphatic heterocycles. The van der Waals surface area contributed by atoms with Crippen molar-refractivity contribution in [3.8, 4) is 23.0 Å². The Bertz CT molecular complexity index is 657. The maximum Gasteiger partial charge on any atom is 0.231 e. The molecule has 0 radical (unpaired) electrons. The zero-order valence-electron chi connectivity index (χ0n) is 11.7. The summed E-state index contributed by atoms with van der Waals surface area (Å²) in [5.41, 5.74) is 1.72. The van der Waals surface area contributed by atoms with Crippen LogP contribution in [0.1, 0.15) is 24.1 Å². The smallest absolute Gasteiger partial charge is 0.231 e. The van der Waals surface area contributed by atoms with Gasteiger partial charge in [0, 0.05) is 18.2 Å². The quantitative estimate of drug-likeness (QED) is 0.754. The first-order valence-electron chi connectivity index (χ1n) is 6.77. The zero-order chi connectivity index (χ0) is 14.8. The number of hydrogen-bond donors (Lipinski definition) is 3. The molecule has 3 rings (SSSR count). The van der Waals surface area contributed by atoms with E-state index in [1.807, 2.05) is 25.1 Å². The van der Waals surface area contributed by atoms with Crippen LogP contribution in [0.25, 0.3) is 0 Å². The van der Waals surface area contributed by atoms with E-state index < -0.39 is 0 Å². The van der Waals surface area contributed by atoms with Gasteiger partial charge >= 0.3 is 0 Å². The Morgan fingerprint density at radius 3 is 2.76 bits per heavy atom. The fourth-order valence-electron chi connectivity index (χ4n) is 2.32. The van der Waals surface area contributed by atoms with E-state index in [4.69, 9.17) is 9.47 Å². The van der Waals surface area contributed by atoms with Crippen LogP contribution in [-0.4, -0.2) is 17.0 Å². The molecule has 1 atom stereocenters. The zero-order valence-corrected chi connectivity index (χ0v) is 11.7. The van der Waals surface area contributed by atoms with Crippen LogP contribution in [0, 0.1) is 0 Å². The molecule has 0 bridgehead atoms. The molecule has 0 amide bonds. The maximum atomic E-state index is 9.84. The Kier molecular flexibility index (Phi) is 3.58. The third-order valence-electron chi connectivity index (χ3n) is 3.53. The average molecular weight is 287 g/mol. The summed E-state index contributed by atoms with van der Waals surface area (Å²) in [5.74, 6) is 1.82. The van der Waals surface area contributed by atoms with Crippen molar-refractivity contribution in [3.63, 3.8) is 0 Å². The molecule has 2 aromatic rings. The maximum absolute atomic E-state index is 9.84. The molecule has 2 aromatic carbocycles. The second-order valence-electron chi connectivity index (χ2n) is 5.03. The lowest BCUT2D eigenvalue weighted by Gasteiger charge is -2.16. The van der Waals surface area contributed by atoms with Crippen LogP contribution < -0.4 is 14.8 Å². The molecular formula is C16H17NO4. The van der Waals surface area contributed by atoms with E-state index in [0.717, 1.165) is 17.1 Å². The third kappa shape index (κ3) is 2.87. The van der Waals surface area contributed by atoms with Crippen molar-refractivity contribution in [3.05, 3.63) is 47.5 Å². The SMILES string of the molecule is CC(NCc1ccc2c(c1)OCO2)c1cc(O)ccc1O. The largest absolute Gasteiger partial charge is 0.508 e. The Balaban J connectivity index is 1.68. The van der Waals surface area contributed by atoms with Crippen molar-refractivity contribution in [2.45, 2.75) is 19.5 Å². The molecule has 0 aliphatic carbocycles. The molecule has 0 saturated carbocycles. The summed E-state index contributed by atoms with van der Waals surface area (Å²) >= 11 is 0. The van der Waals surface area contributed by atoms with Crippen LogP contribution in [-0.2, 0) is 6.54 Å². The fourth-order valence-corrected chi connectivity index (χ4v) is 2.32. The highest BCUT2D eigenvalue weighted by Gasteiger charge is 2.14. The van der Waals surface area contributed by atoms with E-state index in [1.54, 1.807) is 6.07 Å². The second-order valence-corrected chi connectivity index (χ2v) is 5.03. The van der Waals surface area contributed by atoms with Crippen LogP contribution in [0.5, 0.6) is 23.0 Å². The van der Waals surface area contributed by atoms with Crippen LogP contribution in [0.4, 0.5) is 0 Å². The van der Waals surface area contributed by atoms with Gasteiger partial charge < -0.3 is 25.0 Å². The van der Waals surface area contributed by atoms with Crippen LogP contribution >= 0.6 is 0 Å². The molecule has 0 saturated heterocycles. The first-order chi connectivity index (χ1) is 10.1. The van der Waals surface area contributed by atoms with Gasteiger partial charge in [-0.2, -0.15) is 0 Å². The number of rotatable bonds is 4. The minimum absolute atomic E-state index is 0.0949. The Morgan fingerprint density at radius 1 is 1.10 bits per heavy atom. The lowest BCUT2D eigenvalue weighted by Crippen LogP contribution is -2.18. The number of ether oxygens (including phenoxy) is 2. The standard InChI is InChI=1S/C16H17NO4/c1-10(13-7-12(18)3-4-14(13)19)17-8-11-2-5-15-16(6-11)21-9-20-15/h2-7,10,17-19H,8-9H2,1H3. The minimum atomic E-state index is -0.0949. The second kappa shape index (κ2) is 5.54. The molecular weight excluding hydrogens is 270 g/mol. The summed E-state index contributed by atoms with van der Waals surface area (Å²) < 4.78 is 10.6. The predicted octanol–water partition coefficient (Wildman–Crippen LogP) is 2.68. The van der Waals surface area contributed by atoms with Gasteiger partial charge in [-0.05, 0) is 42.8 Å². The van der Waals surface area contributed by atoms with E-state index in [1.165, 1.54) is 12.1 Å². The fraction of sp³-hybridized carbons (Fsp3) is 0.250. The van der Waals surface area contributed by atoms with E-state index in [9.17, 15) is 10.2 Å². The number of hydrogen-bond acceptors (Lipinski definition) is 5. The van der Waals surface area contributed by atoms with Gasteiger partial charge in [0.15, 0.2) is 11.5 Å². The predicted molar refractivity (Wildman–Crippen MR) is 77.6 cm³/mol. The number of phenolic OH excluding ortho intramolecular Hbond substituents is 2. The van der Waals surface area contributed by atoms with Crippen molar-refractivity contribution in [1.82, 2.24) is 5.32 Å². The monoisotopic (exact) mass is 287 g/mol. The summed E-state index contributed by atoms with van der Waals surface area (Å²) in [4.78, 5) is 0. The van der Waals surface area contributed by atoms with Crippen molar-refractivity contribution < 1.29 is 19.7 Å². The van der Waals surface area contributed by atoms with E-state index in [2.05, 4.69) is 5.32 Å². The van der Waals surface area contributed by atoms with Crippen molar-refractivity contribution in [1.29, 1.82) is 0 Å². The molecule has 21 heavy (non-hydrogen) atoms. The first-order valence-corrected chi connectivity index (χ1v) is 6.77.